The van der Waals surface area contributed by atoms with E-state index in [9.17, 15) is 13.2 Å². The fourth-order valence-electron chi connectivity index (χ4n) is 3.28. The second-order valence-electron chi connectivity index (χ2n) is 5.37. The molecule has 0 bridgehead atoms. The summed E-state index contributed by atoms with van der Waals surface area (Å²) in [6, 6.07) is 8.38. The van der Waals surface area contributed by atoms with Gasteiger partial charge in [0.15, 0.2) is 9.84 Å². The van der Waals surface area contributed by atoms with Gasteiger partial charge >= 0.3 is 5.97 Å². The highest BCUT2D eigenvalue weighted by molar-refractivity contribution is 7.92. The number of hydrogen-bond acceptors (Lipinski definition) is 4. The van der Waals surface area contributed by atoms with Crippen molar-refractivity contribution in [2.24, 2.45) is 11.8 Å². The van der Waals surface area contributed by atoms with E-state index < -0.39 is 15.1 Å². The molecule has 106 valence electrons. The molecule has 1 aliphatic heterocycles. The predicted octanol–water partition coefficient (Wildman–Crippen LogP) is 1.97. The molecule has 0 spiro atoms. The fraction of sp³-hybridized carbons (Fsp3) is 0.400. The van der Waals surface area contributed by atoms with E-state index >= 15 is 0 Å². The van der Waals surface area contributed by atoms with Gasteiger partial charge in [-0.3, -0.25) is 4.79 Å². The normalized spacial score (nSPS) is 29.9. The minimum Gasteiger partial charge on any atom is -0.465 e. The number of fused-ring (bicyclic) bond motifs is 1. The van der Waals surface area contributed by atoms with Crippen LogP contribution in [0.25, 0.3) is 0 Å². The van der Waals surface area contributed by atoms with E-state index in [1.165, 1.54) is 0 Å². The number of carbonyl (C=O) groups is 1. The van der Waals surface area contributed by atoms with E-state index in [4.69, 9.17) is 4.74 Å². The summed E-state index contributed by atoms with van der Waals surface area (Å²) < 4.78 is 30.6. The highest BCUT2D eigenvalue weighted by Gasteiger charge is 2.51. The lowest BCUT2D eigenvalue weighted by Gasteiger charge is -2.27. The molecule has 2 fully saturated rings. The average Bonchev–Trinajstić information content (AvgIpc) is 2.78. The quantitative estimate of drug-likeness (QED) is 0.617. The highest BCUT2D eigenvalue weighted by atomic mass is 32.2. The molecule has 1 saturated heterocycles. The van der Waals surface area contributed by atoms with Crippen LogP contribution in [0.15, 0.2) is 47.4 Å². The van der Waals surface area contributed by atoms with Crippen LogP contribution in [0.2, 0.25) is 0 Å². The van der Waals surface area contributed by atoms with Gasteiger partial charge in [-0.25, -0.2) is 8.42 Å². The van der Waals surface area contributed by atoms with Crippen LogP contribution in [-0.2, 0) is 19.4 Å². The molecule has 0 unspecified atom stereocenters. The van der Waals surface area contributed by atoms with Gasteiger partial charge in [0.1, 0.15) is 0 Å². The summed E-state index contributed by atoms with van der Waals surface area (Å²) in [6.07, 6.45) is 1.01. The molecule has 1 heterocycles. The standard InChI is InChI=1S/C15H16O4S/c1-10-9-13-12(7-8-19-15(13)16)14(10)20(17,18)11-5-3-2-4-6-11/h2-6,12-14H,1,7-9H2/t12-,13+,14-/m0/s1. The van der Waals surface area contributed by atoms with Crippen LogP contribution in [0, 0.1) is 11.8 Å². The first-order valence-electron chi connectivity index (χ1n) is 6.65. The molecular formula is C15H16O4S. The summed E-state index contributed by atoms with van der Waals surface area (Å²) in [5, 5.41) is -0.664. The van der Waals surface area contributed by atoms with Crippen molar-refractivity contribution in [1.29, 1.82) is 0 Å². The number of esters is 1. The number of rotatable bonds is 2. The van der Waals surface area contributed by atoms with E-state index in [-0.39, 0.29) is 17.8 Å². The maximum Gasteiger partial charge on any atom is 0.309 e. The monoisotopic (exact) mass is 292 g/mol. The van der Waals surface area contributed by atoms with Crippen molar-refractivity contribution >= 4 is 15.8 Å². The minimum atomic E-state index is -3.49. The Hall–Kier alpha value is -1.62. The Labute approximate surface area is 118 Å². The van der Waals surface area contributed by atoms with Crippen molar-refractivity contribution in [3.8, 4) is 0 Å². The number of ether oxygens (including phenoxy) is 1. The SMILES string of the molecule is C=C1C[C@H]2C(=O)OCC[C@@H]2[C@H]1S(=O)(=O)c1ccccc1. The summed E-state index contributed by atoms with van der Waals surface area (Å²) >= 11 is 0. The Morgan fingerprint density at radius 3 is 2.60 bits per heavy atom. The molecule has 1 aromatic carbocycles. The van der Waals surface area contributed by atoms with Crippen LogP contribution in [0.1, 0.15) is 12.8 Å². The van der Waals surface area contributed by atoms with E-state index in [1.54, 1.807) is 30.3 Å². The third-order valence-electron chi connectivity index (χ3n) is 4.19. The topological polar surface area (TPSA) is 60.4 Å². The molecule has 4 nitrogen and oxygen atoms in total. The van der Waals surface area contributed by atoms with Crippen molar-refractivity contribution in [2.75, 3.05) is 6.61 Å². The smallest absolute Gasteiger partial charge is 0.309 e. The van der Waals surface area contributed by atoms with Gasteiger partial charge < -0.3 is 4.74 Å². The number of benzene rings is 1. The Morgan fingerprint density at radius 2 is 1.90 bits per heavy atom. The van der Waals surface area contributed by atoms with Gasteiger partial charge in [0.2, 0.25) is 0 Å². The fourth-order valence-corrected chi connectivity index (χ4v) is 5.43. The number of sulfone groups is 1. The summed E-state index contributed by atoms with van der Waals surface area (Å²) in [5.41, 5.74) is 0.628. The van der Waals surface area contributed by atoms with Crippen LogP contribution in [0.4, 0.5) is 0 Å². The molecule has 0 amide bonds. The van der Waals surface area contributed by atoms with Gasteiger partial charge in [0, 0.05) is 0 Å². The molecule has 0 aromatic heterocycles. The van der Waals surface area contributed by atoms with Gasteiger partial charge in [0.25, 0.3) is 0 Å². The van der Waals surface area contributed by atoms with Gasteiger partial charge in [-0.15, -0.1) is 0 Å². The third-order valence-corrected chi connectivity index (χ3v) is 6.48. The first-order chi connectivity index (χ1) is 9.51. The summed E-state index contributed by atoms with van der Waals surface area (Å²) in [7, 11) is -3.49. The molecule has 20 heavy (non-hydrogen) atoms. The minimum absolute atomic E-state index is 0.200. The van der Waals surface area contributed by atoms with Crippen molar-refractivity contribution in [1.82, 2.24) is 0 Å². The van der Waals surface area contributed by atoms with Crippen LogP contribution in [0.5, 0.6) is 0 Å². The van der Waals surface area contributed by atoms with Crippen LogP contribution >= 0.6 is 0 Å². The Bertz CT molecular complexity index is 648. The number of hydrogen-bond donors (Lipinski definition) is 0. The first-order valence-corrected chi connectivity index (χ1v) is 8.19. The number of carbonyl (C=O) groups excluding carboxylic acids is 1. The van der Waals surface area contributed by atoms with E-state index in [0.29, 0.717) is 29.9 Å². The maximum absolute atomic E-state index is 12.8. The van der Waals surface area contributed by atoms with Gasteiger partial charge in [0.05, 0.1) is 22.7 Å². The largest absolute Gasteiger partial charge is 0.465 e. The molecule has 2 aliphatic rings. The van der Waals surface area contributed by atoms with Crippen molar-refractivity contribution in [2.45, 2.75) is 23.0 Å². The summed E-state index contributed by atoms with van der Waals surface area (Å²) in [5.74, 6) is -0.832. The first kappa shape index (κ1) is 13.4. The molecule has 1 aromatic rings. The van der Waals surface area contributed by atoms with E-state index in [2.05, 4.69) is 6.58 Å². The highest BCUT2D eigenvalue weighted by Crippen LogP contribution is 2.45. The third kappa shape index (κ3) is 1.97. The molecule has 1 saturated carbocycles. The second-order valence-corrected chi connectivity index (χ2v) is 7.44. The van der Waals surface area contributed by atoms with Crippen molar-refractivity contribution in [3.05, 3.63) is 42.5 Å². The van der Waals surface area contributed by atoms with Crippen LogP contribution < -0.4 is 0 Å². The molecular weight excluding hydrogens is 276 g/mol. The van der Waals surface area contributed by atoms with E-state index in [1.807, 2.05) is 0 Å². The predicted molar refractivity (Wildman–Crippen MR) is 73.7 cm³/mol. The van der Waals surface area contributed by atoms with Crippen LogP contribution in [-0.4, -0.2) is 26.2 Å². The average molecular weight is 292 g/mol. The Balaban J connectivity index is 2.01. The van der Waals surface area contributed by atoms with Crippen molar-refractivity contribution < 1.29 is 17.9 Å². The van der Waals surface area contributed by atoms with E-state index in [0.717, 1.165) is 0 Å². The molecule has 0 radical (unpaired) electrons. The zero-order chi connectivity index (χ0) is 14.3. The summed E-state index contributed by atoms with van der Waals surface area (Å²) in [6.45, 7) is 4.20. The summed E-state index contributed by atoms with van der Waals surface area (Å²) in [4.78, 5) is 12.1. The molecule has 0 N–H and O–H groups in total. The van der Waals surface area contributed by atoms with Crippen molar-refractivity contribution in [3.63, 3.8) is 0 Å². The molecule has 3 atom stereocenters. The lowest BCUT2D eigenvalue weighted by atomic mass is 9.91. The van der Waals surface area contributed by atoms with Gasteiger partial charge in [-0.05, 0) is 30.9 Å². The van der Waals surface area contributed by atoms with Crippen LogP contribution in [0.3, 0.4) is 0 Å². The maximum atomic E-state index is 12.8. The molecule has 1 aliphatic carbocycles. The molecule has 5 heteroatoms. The molecule has 3 rings (SSSR count). The second kappa shape index (κ2) is 4.74. The zero-order valence-electron chi connectivity index (χ0n) is 11.0. The number of cyclic esters (lactones) is 1. The Kier molecular flexibility index (Phi) is 3.17. The zero-order valence-corrected chi connectivity index (χ0v) is 11.8. The lowest BCUT2D eigenvalue weighted by Crippen LogP contribution is -2.36. The van der Waals surface area contributed by atoms with Gasteiger partial charge in [-0.2, -0.15) is 0 Å². The lowest BCUT2D eigenvalue weighted by molar-refractivity contribution is -0.155. The Morgan fingerprint density at radius 1 is 1.20 bits per heavy atom. The van der Waals surface area contributed by atoms with Gasteiger partial charge in [-0.1, -0.05) is 30.4 Å².